The highest BCUT2D eigenvalue weighted by atomic mass is 35.5. The third kappa shape index (κ3) is 5.13. The maximum absolute atomic E-state index is 13.6. The van der Waals surface area contributed by atoms with Gasteiger partial charge < -0.3 is 4.57 Å². The largest absolute Gasteiger partial charge is 0.306 e. The van der Waals surface area contributed by atoms with Crippen LogP contribution >= 0.6 is 22.9 Å². The van der Waals surface area contributed by atoms with Gasteiger partial charge in [0, 0.05) is 41.1 Å². The molecule has 0 atom stereocenters. The van der Waals surface area contributed by atoms with Gasteiger partial charge in [-0.05, 0) is 55.8 Å². The minimum atomic E-state index is -0.198. The second-order valence-corrected chi connectivity index (χ2v) is 10.7. The van der Waals surface area contributed by atoms with Crippen molar-refractivity contribution in [3.63, 3.8) is 0 Å². The second kappa shape index (κ2) is 11.0. The van der Waals surface area contributed by atoms with E-state index in [1.165, 1.54) is 11.3 Å². The predicted octanol–water partition coefficient (Wildman–Crippen LogP) is 6.36. The molecule has 0 amide bonds. The van der Waals surface area contributed by atoms with Gasteiger partial charge in [-0.1, -0.05) is 54.1 Å². The van der Waals surface area contributed by atoms with Crippen molar-refractivity contribution in [2.45, 2.75) is 13.8 Å². The molecule has 3 heterocycles. The molecule has 204 valence electrons. The maximum Gasteiger partial charge on any atom is 0.297 e. The van der Waals surface area contributed by atoms with Crippen molar-refractivity contribution >= 4 is 34.3 Å². The number of thiazole rings is 1. The second-order valence-electron chi connectivity index (χ2n) is 9.45. The number of imidazole rings is 1. The highest BCUT2D eigenvalue weighted by Crippen LogP contribution is 2.25. The molecule has 0 unspecified atom stereocenters. The molecule has 6 aromatic rings. The molecule has 8 nitrogen and oxygen atoms in total. The summed E-state index contributed by atoms with van der Waals surface area (Å²) in [7, 11) is 1.86. The van der Waals surface area contributed by atoms with Crippen LogP contribution in [0.2, 0.25) is 5.02 Å². The van der Waals surface area contributed by atoms with Crippen molar-refractivity contribution in [3.8, 4) is 22.6 Å². The van der Waals surface area contributed by atoms with Crippen molar-refractivity contribution < 1.29 is 0 Å². The first-order valence-electron chi connectivity index (χ1n) is 12.9. The average Bonchev–Trinajstić information content (AvgIpc) is 3.71. The van der Waals surface area contributed by atoms with E-state index in [2.05, 4.69) is 4.98 Å². The Balaban J connectivity index is 1.50. The number of hydrogen-bond donors (Lipinski definition) is 0. The zero-order valence-corrected chi connectivity index (χ0v) is 24.2. The van der Waals surface area contributed by atoms with Crippen LogP contribution in [0.15, 0.2) is 118 Å². The maximum atomic E-state index is 13.6. The van der Waals surface area contributed by atoms with Crippen LogP contribution in [0.1, 0.15) is 18.2 Å². The topological polar surface area (TPSA) is 74.4 Å². The highest BCUT2D eigenvalue weighted by Gasteiger charge is 2.17. The summed E-state index contributed by atoms with van der Waals surface area (Å²) in [5.41, 5.74) is 6.16. The first kappa shape index (κ1) is 26.5. The number of hydrogen-bond acceptors (Lipinski definition) is 5. The molecule has 10 heteroatoms. The summed E-state index contributed by atoms with van der Waals surface area (Å²) in [4.78, 5) is 23.2. The summed E-state index contributed by atoms with van der Waals surface area (Å²) in [5.74, 6) is 0. The number of halogens is 1. The van der Waals surface area contributed by atoms with Crippen LogP contribution in [0.3, 0.4) is 0 Å². The Morgan fingerprint density at radius 1 is 0.976 bits per heavy atom. The quantitative estimate of drug-likeness (QED) is 0.215. The minimum absolute atomic E-state index is 0.198. The normalized spacial score (nSPS) is 12.3. The number of nitrogens with zero attached hydrogens (tertiary/aromatic N) is 7. The van der Waals surface area contributed by atoms with Crippen LogP contribution in [0, 0.1) is 6.92 Å². The van der Waals surface area contributed by atoms with E-state index in [0.29, 0.717) is 15.5 Å². The van der Waals surface area contributed by atoms with Crippen LogP contribution in [0.5, 0.6) is 0 Å². The molecular formula is C31H26ClN7OS. The Kier molecular flexibility index (Phi) is 7.13. The Labute approximate surface area is 245 Å². The van der Waals surface area contributed by atoms with Gasteiger partial charge in [0.25, 0.3) is 5.56 Å². The molecule has 0 aliphatic heterocycles. The molecule has 0 aliphatic rings. The van der Waals surface area contributed by atoms with Gasteiger partial charge in [0.05, 0.1) is 29.1 Å². The Morgan fingerprint density at radius 3 is 2.46 bits per heavy atom. The van der Waals surface area contributed by atoms with Gasteiger partial charge in [-0.2, -0.15) is 5.10 Å². The van der Waals surface area contributed by atoms with Gasteiger partial charge in [0.1, 0.15) is 0 Å². The molecule has 0 bridgehead atoms. The predicted molar refractivity (Wildman–Crippen MR) is 165 cm³/mol. The minimum Gasteiger partial charge on any atom is -0.306 e. The van der Waals surface area contributed by atoms with Crippen LogP contribution in [-0.2, 0) is 7.05 Å². The lowest BCUT2D eigenvalue weighted by Crippen LogP contribution is -2.20. The van der Waals surface area contributed by atoms with E-state index in [1.54, 1.807) is 21.9 Å². The molecule has 0 fully saturated rings. The summed E-state index contributed by atoms with van der Waals surface area (Å²) in [6, 6.07) is 25.3. The zero-order chi connectivity index (χ0) is 28.5. The lowest BCUT2D eigenvalue weighted by molar-refractivity contribution is 0.630. The smallest absolute Gasteiger partial charge is 0.297 e. The lowest BCUT2D eigenvalue weighted by Gasteiger charge is -2.08. The third-order valence-electron chi connectivity index (χ3n) is 6.87. The average molecular weight is 580 g/mol. The number of para-hydroxylation sites is 1. The van der Waals surface area contributed by atoms with E-state index in [4.69, 9.17) is 21.7 Å². The van der Waals surface area contributed by atoms with Crippen molar-refractivity contribution in [2.75, 3.05) is 0 Å². The van der Waals surface area contributed by atoms with Crippen molar-refractivity contribution in [1.82, 2.24) is 23.6 Å². The first-order chi connectivity index (χ1) is 19.9. The van der Waals surface area contributed by atoms with Crippen LogP contribution in [-0.4, -0.2) is 29.3 Å². The molecule has 6 rings (SSSR count). The SMILES string of the molecule is CC(=Nn1c(-c2cccc(Cl)c2)csc1=Nc1c(C)n(C)n(-c2ccccc2)c1=O)c1ccc(-n2ccnc2)cc1. The molecule has 0 aliphatic carbocycles. The van der Waals surface area contributed by atoms with Crippen molar-refractivity contribution in [2.24, 2.45) is 17.1 Å². The summed E-state index contributed by atoms with van der Waals surface area (Å²) >= 11 is 7.76. The van der Waals surface area contributed by atoms with E-state index in [0.717, 1.165) is 39.6 Å². The van der Waals surface area contributed by atoms with E-state index < -0.39 is 0 Å². The monoisotopic (exact) mass is 579 g/mol. The van der Waals surface area contributed by atoms with Gasteiger partial charge in [-0.3, -0.25) is 9.48 Å². The first-order valence-corrected chi connectivity index (χ1v) is 14.2. The summed E-state index contributed by atoms with van der Waals surface area (Å²) < 4.78 is 7.18. The summed E-state index contributed by atoms with van der Waals surface area (Å²) in [6.07, 6.45) is 5.42. The molecule has 41 heavy (non-hydrogen) atoms. The van der Waals surface area contributed by atoms with Gasteiger partial charge in [-0.25, -0.2) is 19.3 Å². The fraction of sp³-hybridized carbons (Fsp3) is 0.0968. The van der Waals surface area contributed by atoms with E-state index >= 15 is 0 Å². The van der Waals surface area contributed by atoms with E-state index in [9.17, 15) is 4.79 Å². The number of rotatable bonds is 6. The fourth-order valence-corrected chi connectivity index (χ4v) is 5.62. The number of aromatic nitrogens is 5. The summed E-state index contributed by atoms with van der Waals surface area (Å²) in [6.45, 7) is 3.85. The molecular weight excluding hydrogens is 554 g/mol. The van der Waals surface area contributed by atoms with E-state index in [1.807, 2.05) is 121 Å². The van der Waals surface area contributed by atoms with Crippen LogP contribution in [0.25, 0.3) is 22.6 Å². The van der Waals surface area contributed by atoms with Gasteiger partial charge >= 0.3 is 0 Å². The van der Waals surface area contributed by atoms with Crippen LogP contribution < -0.4 is 10.4 Å². The van der Waals surface area contributed by atoms with Crippen molar-refractivity contribution in [1.29, 1.82) is 0 Å². The Morgan fingerprint density at radius 2 is 1.76 bits per heavy atom. The molecule has 0 N–H and O–H groups in total. The van der Waals surface area contributed by atoms with Gasteiger partial charge in [0.15, 0.2) is 5.69 Å². The fourth-order valence-electron chi connectivity index (χ4n) is 4.59. The lowest BCUT2D eigenvalue weighted by atomic mass is 10.1. The Hall–Kier alpha value is -4.73. The Bertz CT molecular complexity index is 1990. The zero-order valence-electron chi connectivity index (χ0n) is 22.6. The van der Waals surface area contributed by atoms with E-state index in [-0.39, 0.29) is 5.56 Å². The molecule has 0 radical (unpaired) electrons. The molecule has 0 saturated carbocycles. The standard InChI is InChI=1S/C31H26ClN7OS/c1-21(23-12-14-26(15-13-23)37-17-16-33-20-37)35-38-28(24-8-7-9-25(32)18-24)19-41-31(38)34-29-22(2)36(3)39(30(29)40)27-10-5-4-6-11-27/h4-20H,1-3H3. The molecule has 3 aromatic heterocycles. The van der Waals surface area contributed by atoms with Crippen molar-refractivity contribution in [3.05, 3.63) is 134 Å². The van der Waals surface area contributed by atoms with Gasteiger partial charge in [0.2, 0.25) is 4.80 Å². The third-order valence-corrected chi connectivity index (χ3v) is 7.93. The number of benzene rings is 3. The van der Waals surface area contributed by atoms with Crippen LogP contribution in [0.4, 0.5) is 5.69 Å². The summed E-state index contributed by atoms with van der Waals surface area (Å²) in [5, 5.41) is 7.61. The molecule has 3 aromatic carbocycles. The van der Waals surface area contributed by atoms with Gasteiger partial charge in [-0.15, -0.1) is 11.3 Å². The molecule has 0 spiro atoms. The highest BCUT2D eigenvalue weighted by molar-refractivity contribution is 7.07. The molecule has 0 saturated heterocycles.